The van der Waals surface area contributed by atoms with E-state index in [9.17, 15) is 4.79 Å². The van der Waals surface area contributed by atoms with Crippen molar-refractivity contribution in [2.24, 2.45) is 11.0 Å². The molecule has 2 aromatic rings. The molecule has 1 aliphatic heterocycles. The third-order valence-electron chi connectivity index (χ3n) is 2.75. The highest BCUT2D eigenvalue weighted by molar-refractivity contribution is 7.16. The van der Waals surface area contributed by atoms with Crippen LogP contribution in [0.25, 0.3) is 5.00 Å². The van der Waals surface area contributed by atoms with E-state index in [1.807, 2.05) is 19.1 Å². The monoisotopic (exact) mass is 261 g/mol. The van der Waals surface area contributed by atoms with E-state index in [-0.39, 0.29) is 11.8 Å². The highest BCUT2D eigenvalue weighted by Crippen LogP contribution is 2.25. The maximum absolute atomic E-state index is 11.2. The lowest BCUT2D eigenvalue weighted by Crippen LogP contribution is -2.31. The SMILES string of the molecule is CC1CC(=O)NN=C1c1ccc(-n2cncn2)s1. The predicted octanol–water partition coefficient (Wildman–Crippen LogP) is 1.19. The first-order chi connectivity index (χ1) is 8.74. The van der Waals surface area contributed by atoms with Crippen molar-refractivity contribution >= 4 is 23.0 Å². The second-order valence-electron chi connectivity index (χ2n) is 4.12. The Morgan fingerprint density at radius 3 is 3.11 bits per heavy atom. The minimum Gasteiger partial charge on any atom is -0.273 e. The van der Waals surface area contributed by atoms with Gasteiger partial charge in [0.15, 0.2) is 0 Å². The molecule has 3 rings (SSSR count). The van der Waals surface area contributed by atoms with E-state index in [2.05, 4.69) is 20.6 Å². The van der Waals surface area contributed by atoms with Crippen LogP contribution in [-0.4, -0.2) is 26.4 Å². The van der Waals surface area contributed by atoms with Crippen LogP contribution in [0.2, 0.25) is 0 Å². The Bertz CT molecular complexity index is 601. The van der Waals surface area contributed by atoms with Crippen LogP contribution in [0.4, 0.5) is 0 Å². The molecule has 1 aliphatic rings. The molecule has 1 N–H and O–H groups in total. The predicted molar refractivity (Wildman–Crippen MR) is 67.7 cm³/mol. The number of rotatable bonds is 2. The van der Waals surface area contributed by atoms with Crippen molar-refractivity contribution in [2.75, 3.05) is 0 Å². The lowest BCUT2D eigenvalue weighted by molar-refractivity contribution is -0.121. The molecule has 1 unspecified atom stereocenters. The van der Waals surface area contributed by atoms with Gasteiger partial charge in [0.1, 0.15) is 17.7 Å². The number of thiophene rings is 1. The standard InChI is InChI=1S/C11H11N5OS/c1-7-4-9(17)14-15-11(7)8-2-3-10(18-8)16-6-12-5-13-16/h2-3,5-7H,4H2,1H3,(H,14,17). The molecule has 0 saturated heterocycles. The fraction of sp³-hybridized carbons (Fsp3) is 0.273. The summed E-state index contributed by atoms with van der Waals surface area (Å²) in [4.78, 5) is 16.2. The summed E-state index contributed by atoms with van der Waals surface area (Å²) < 4.78 is 1.71. The van der Waals surface area contributed by atoms with Crippen LogP contribution >= 0.6 is 11.3 Å². The first-order valence-corrected chi connectivity index (χ1v) is 6.37. The Hall–Kier alpha value is -2.02. The average Bonchev–Trinajstić information content (AvgIpc) is 2.99. The van der Waals surface area contributed by atoms with Gasteiger partial charge in [-0.15, -0.1) is 11.3 Å². The van der Waals surface area contributed by atoms with Gasteiger partial charge in [-0.05, 0) is 12.1 Å². The number of nitrogens with zero attached hydrogens (tertiary/aromatic N) is 4. The number of hydrazone groups is 1. The van der Waals surface area contributed by atoms with E-state index in [0.717, 1.165) is 15.6 Å². The fourth-order valence-electron chi connectivity index (χ4n) is 1.86. The number of aromatic nitrogens is 3. The molecule has 92 valence electrons. The van der Waals surface area contributed by atoms with Crippen LogP contribution in [0.3, 0.4) is 0 Å². The van der Waals surface area contributed by atoms with Crippen molar-refractivity contribution in [3.8, 4) is 5.00 Å². The molecule has 2 aromatic heterocycles. The maximum Gasteiger partial charge on any atom is 0.240 e. The Labute approximate surface area is 107 Å². The highest BCUT2D eigenvalue weighted by Gasteiger charge is 2.22. The molecule has 0 aromatic carbocycles. The average molecular weight is 261 g/mol. The van der Waals surface area contributed by atoms with Crippen LogP contribution < -0.4 is 5.43 Å². The van der Waals surface area contributed by atoms with Gasteiger partial charge in [-0.1, -0.05) is 6.92 Å². The number of hydrogen-bond donors (Lipinski definition) is 1. The van der Waals surface area contributed by atoms with Gasteiger partial charge in [0.25, 0.3) is 0 Å². The number of hydrogen-bond acceptors (Lipinski definition) is 5. The van der Waals surface area contributed by atoms with Crippen molar-refractivity contribution < 1.29 is 4.79 Å². The van der Waals surface area contributed by atoms with Crippen molar-refractivity contribution in [1.29, 1.82) is 0 Å². The number of nitrogens with one attached hydrogen (secondary N) is 1. The molecule has 1 amide bonds. The molecular weight excluding hydrogens is 250 g/mol. The van der Waals surface area contributed by atoms with Gasteiger partial charge in [-0.2, -0.15) is 10.2 Å². The maximum atomic E-state index is 11.2. The Morgan fingerprint density at radius 2 is 2.39 bits per heavy atom. The van der Waals surface area contributed by atoms with Gasteiger partial charge >= 0.3 is 0 Å². The van der Waals surface area contributed by atoms with Crippen molar-refractivity contribution in [3.05, 3.63) is 29.7 Å². The lowest BCUT2D eigenvalue weighted by atomic mass is 9.99. The summed E-state index contributed by atoms with van der Waals surface area (Å²) in [6, 6.07) is 3.97. The molecule has 3 heterocycles. The smallest absolute Gasteiger partial charge is 0.240 e. The molecular formula is C11H11N5OS. The number of carbonyl (C=O) groups is 1. The Morgan fingerprint density at radius 1 is 1.50 bits per heavy atom. The minimum absolute atomic E-state index is 0.0284. The van der Waals surface area contributed by atoms with E-state index >= 15 is 0 Å². The van der Waals surface area contributed by atoms with E-state index < -0.39 is 0 Å². The first kappa shape index (κ1) is 11.1. The van der Waals surface area contributed by atoms with Gasteiger partial charge in [0.05, 0.1) is 10.6 Å². The topological polar surface area (TPSA) is 72.2 Å². The van der Waals surface area contributed by atoms with Gasteiger partial charge in [0.2, 0.25) is 5.91 Å². The molecule has 0 fully saturated rings. The zero-order valence-corrected chi connectivity index (χ0v) is 10.5. The van der Waals surface area contributed by atoms with E-state index in [4.69, 9.17) is 0 Å². The zero-order chi connectivity index (χ0) is 12.5. The highest BCUT2D eigenvalue weighted by atomic mass is 32.1. The number of carbonyl (C=O) groups excluding carboxylic acids is 1. The quantitative estimate of drug-likeness (QED) is 0.882. The van der Waals surface area contributed by atoms with Crippen molar-refractivity contribution in [3.63, 3.8) is 0 Å². The minimum atomic E-state index is -0.0284. The van der Waals surface area contributed by atoms with Crippen molar-refractivity contribution in [1.82, 2.24) is 20.2 Å². The summed E-state index contributed by atoms with van der Waals surface area (Å²) >= 11 is 1.58. The molecule has 0 aliphatic carbocycles. The molecule has 0 bridgehead atoms. The Balaban J connectivity index is 1.92. The van der Waals surface area contributed by atoms with Gasteiger partial charge < -0.3 is 0 Å². The van der Waals surface area contributed by atoms with Crippen LogP contribution in [0.5, 0.6) is 0 Å². The molecule has 18 heavy (non-hydrogen) atoms. The summed E-state index contributed by atoms with van der Waals surface area (Å²) in [5.41, 5.74) is 3.45. The van der Waals surface area contributed by atoms with Crippen molar-refractivity contribution in [2.45, 2.75) is 13.3 Å². The van der Waals surface area contributed by atoms with Crippen LogP contribution in [0.15, 0.2) is 29.9 Å². The van der Waals surface area contributed by atoms with E-state index in [1.165, 1.54) is 6.33 Å². The molecule has 0 radical (unpaired) electrons. The Kier molecular flexibility index (Phi) is 2.67. The second kappa shape index (κ2) is 4.34. The molecule has 0 saturated carbocycles. The third kappa shape index (κ3) is 1.92. The summed E-state index contributed by atoms with van der Waals surface area (Å²) in [5.74, 6) is 0.111. The third-order valence-corrected chi connectivity index (χ3v) is 3.85. The molecule has 7 heteroatoms. The summed E-state index contributed by atoms with van der Waals surface area (Å²) in [7, 11) is 0. The summed E-state index contributed by atoms with van der Waals surface area (Å²) in [6.45, 7) is 2.01. The molecule has 0 spiro atoms. The zero-order valence-electron chi connectivity index (χ0n) is 9.70. The van der Waals surface area contributed by atoms with Crippen LogP contribution in [-0.2, 0) is 4.79 Å². The van der Waals surface area contributed by atoms with Gasteiger partial charge in [-0.3, -0.25) is 4.79 Å². The van der Waals surface area contributed by atoms with Crippen LogP contribution in [0.1, 0.15) is 18.2 Å². The summed E-state index contributed by atoms with van der Waals surface area (Å²) in [5, 5.41) is 9.20. The molecule has 1 atom stereocenters. The number of amides is 1. The second-order valence-corrected chi connectivity index (χ2v) is 5.18. The van der Waals surface area contributed by atoms with Gasteiger partial charge in [0, 0.05) is 12.3 Å². The molecule has 6 nitrogen and oxygen atoms in total. The van der Waals surface area contributed by atoms with E-state index in [0.29, 0.717) is 6.42 Å². The lowest BCUT2D eigenvalue weighted by Gasteiger charge is -2.17. The normalized spacial score (nSPS) is 19.5. The van der Waals surface area contributed by atoms with E-state index in [1.54, 1.807) is 22.3 Å². The first-order valence-electron chi connectivity index (χ1n) is 5.55. The largest absolute Gasteiger partial charge is 0.273 e. The summed E-state index contributed by atoms with van der Waals surface area (Å²) in [6.07, 6.45) is 3.64. The van der Waals surface area contributed by atoms with Gasteiger partial charge in [-0.25, -0.2) is 15.1 Å². The van der Waals surface area contributed by atoms with Crippen LogP contribution in [0, 0.1) is 5.92 Å². The fourth-order valence-corrected chi connectivity index (χ4v) is 2.90.